The van der Waals surface area contributed by atoms with Crippen LogP contribution in [0.5, 0.6) is 0 Å². The molecule has 2 heterocycles. The van der Waals surface area contributed by atoms with Gasteiger partial charge in [-0.15, -0.1) is 10.2 Å². The molecule has 0 unspecified atom stereocenters. The van der Waals surface area contributed by atoms with Crippen molar-refractivity contribution in [3.8, 4) is 11.5 Å². The number of fused-ring (bicyclic) bond motifs is 1. The Morgan fingerprint density at radius 2 is 1.87 bits per heavy atom. The highest BCUT2D eigenvalue weighted by atomic mass is 16.4. The summed E-state index contributed by atoms with van der Waals surface area (Å²) < 4.78 is 5.40. The van der Waals surface area contributed by atoms with Crippen LogP contribution >= 0.6 is 0 Å². The van der Waals surface area contributed by atoms with Crippen molar-refractivity contribution >= 4 is 11.6 Å². The topological polar surface area (TPSA) is 59.2 Å². The molecule has 0 aliphatic carbocycles. The van der Waals surface area contributed by atoms with Crippen LogP contribution in [-0.4, -0.2) is 22.6 Å². The highest BCUT2D eigenvalue weighted by Gasteiger charge is 2.25. The minimum Gasteiger partial charge on any atom is -0.421 e. The number of aryl methyl sites for hydroxylation is 1. The third kappa shape index (κ3) is 2.40. The maximum atomic E-state index is 12.7. The summed E-state index contributed by atoms with van der Waals surface area (Å²) in [6.45, 7) is 2.47. The summed E-state index contributed by atoms with van der Waals surface area (Å²) in [4.78, 5) is 14.6. The number of carbonyl (C=O) groups is 1. The molecule has 0 atom stereocenters. The molecule has 0 spiro atoms. The molecule has 1 amide bonds. The number of aromatic nitrogens is 2. The highest BCUT2D eigenvalue weighted by Crippen LogP contribution is 2.29. The van der Waals surface area contributed by atoms with Crippen LogP contribution in [0.1, 0.15) is 21.8 Å². The van der Waals surface area contributed by atoms with Gasteiger partial charge in [0.15, 0.2) is 0 Å². The first-order valence-electron chi connectivity index (χ1n) is 7.53. The molecule has 5 heteroatoms. The fourth-order valence-corrected chi connectivity index (χ4v) is 2.87. The molecule has 2 aromatic carbocycles. The molecule has 0 saturated carbocycles. The molecule has 1 aromatic heterocycles. The predicted octanol–water partition coefficient (Wildman–Crippen LogP) is 3.25. The zero-order chi connectivity index (χ0) is 15.8. The summed E-state index contributed by atoms with van der Waals surface area (Å²) in [7, 11) is 0. The van der Waals surface area contributed by atoms with Gasteiger partial charge in [0.1, 0.15) is 0 Å². The van der Waals surface area contributed by atoms with E-state index in [-0.39, 0.29) is 5.91 Å². The van der Waals surface area contributed by atoms with Crippen molar-refractivity contribution < 1.29 is 9.21 Å². The second-order valence-electron chi connectivity index (χ2n) is 5.54. The van der Waals surface area contributed by atoms with E-state index in [2.05, 4.69) is 16.3 Å². The molecular formula is C18H15N3O2. The Morgan fingerprint density at radius 1 is 1.09 bits per heavy atom. The summed E-state index contributed by atoms with van der Waals surface area (Å²) >= 11 is 0. The molecule has 1 aliphatic heterocycles. The fourth-order valence-electron chi connectivity index (χ4n) is 2.87. The van der Waals surface area contributed by atoms with Crippen LogP contribution in [0.3, 0.4) is 0 Å². The molecule has 0 N–H and O–H groups in total. The first kappa shape index (κ1) is 13.7. The van der Waals surface area contributed by atoms with Gasteiger partial charge in [-0.25, -0.2) is 0 Å². The van der Waals surface area contributed by atoms with Crippen molar-refractivity contribution in [1.82, 2.24) is 10.2 Å². The van der Waals surface area contributed by atoms with Crippen LogP contribution in [-0.2, 0) is 6.42 Å². The first-order valence-corrected chi connectivity index (χ1v) is 7.53. The SMILES string of the molecule is Cc1nnc(-c2ccc(C(=O)N3CCc4ccccc43)cc2)o1. The lowest BCUT2D eigenvalue weighted by atomic mass is 10.1. The quantitative estimate of drug-likeness (QED) is 0.729. The van der Waals surface area contributed by atoms with Crippen LogP contribution < -0.4 is 4.90 Å². The average Bonchev–Trinajstić information content (AvgIpc) is 3.21. The number of hydrogen-bond donors (Lipinski definition) is 0. The zero-order valence-electron chi connectivity index (χ0n) is 12.7. The zero-order valence-corrected chi connectivity index (χ0v) is 12.7. The third-order valence-corrected chi connectivity index (χ3v) is 4.04. The van der Waals surface area contributed by atoms with Gasteiger partial charge in [0, 0.05) is 30.3 Å². The van der Waals surface area contributed by atoms with Crippen molar-refractivity contribution in [2.45, 2.75) is 13.3 Å². The number of rotatable bonds is 2. The van der Waals surface area contributed by atoms with Crippen LogP contribution in [0, 0.1) is 6.92 Å². The standard InChI is InChI=1S/C18H15N3O2/c1-12-19-20-17(23-12)14-6-8-15(9-7-14)18(22)21-11-10-13-4-2-3-5-16(13)21/h2-9H,10-11H2,1H3. The number of carbonyl (C=O) groups excluding carboxylic acids is 1. The molecule has 0 radical (unpaired) electrons. The molecule has 0 saturated heterocycles. The van der Waals surface area contributed by atoms with Crippen LogP contribution in [0.2, 0.25) is 0 Å². The van der Waals surface area contributed by atoms with E-state index in [0.717, 1.165) is 24.2 Å². The van der Waals surface area contributed by atoms with E-state index in [1.54, 1.807) is 19.1 Å². The van der Waals surface area contributed by atoms with Crippen molar-refractivity contribution in [2.24, 2.45) is 0 Å². The Labute approximate surface area is 133 Å². The van der Waals surface area contributed by atoms with Crippen molar-refractivity contribution in [3.63, 3.8) is 0 Å². The van der Waals surface area contributed by atoms with Crippen molar-refractivity contribution in [3.05, 3.63) is 65.5 Å². The molecule has 1 aliphatic rings. The lowest BCUT2D eigenvalue weighted by Crippen LogP contribution is -2.28. The summed E-state index contributed by atoms with van der Waals surface area (Å²) in [5, 5.41) is 7.80. The van der Waals surface area contributed by atoms with Crippen molar-refractivity contribution in [2.75, 3.05) is 11.4 Å². The first-order chi connectivity index (χ1) is 11.2. The Hall–Kier alpha value is -2.95. The summed E-state index contributed by atoms with van der Waals surface area (Å²) in [6.07, 6.45) is 0.904. The second-order valence-corrected chi connectivity index (χ2v) is 5.54. The number of nitrogens with zero attached hydrogens (tertiary/aromatic N) is 3. The Kier molecular flexibility index (Phi) is 3.19. The Balaban J connectivity index is 1.60. The molecule has 23 heavy (non-hydrogen) atoms. The van der Waals surface area contributed by atoms with Gasteiger partial charge < -0.3 is 9.32 Å². The average molecular weight is 305 g/mol. The van der Waals surface area contributed by atoms with Gasteiger partial charge in [-0.1, -0.05) is 18.2 Å². The van der Waals surface area contributed by atoms with Gasteiger partial charge in [0.25, 0.3) is 5.91 Å². The van der Waals surface area contributed by atoms with Gasteiger partial charge in [0.05, 0.1) is 0 Å². The van der Waals surface area contributed by atoms with Crippen LogP contribution in [0.25, 0.3) is 11.5 Å². The van der Waals surface area contributed by atoms with Gasteiger partial charge in [-0.2, -0.15) is 0 Å². The highest BCUT2D eigenvalue weighted by molar-refractivity contribution is 6.07. The van der Waals surface area contributed by atoms with E-state index >= 15 is 0 Å². The molecule has 0 fully saturated rings. The van der Waals surface area contributed by atoms with Gasteiger partial charge in [-0.05, 0) is 42.3 Å². The number of para-hydroxylation sites is 1. The minimum absolute atomic E-state index is 0.0169. The number of amides is 1. The van der Waals surface area contributed by atoms with Gasteiger partial charge in [0.2, 0.25) is 11.8 Å². The lowest BCUT2D eigenvalue weighted by molar-refractivity contribution is 0.0989. The fraction of sp³-hybridized carbons (Fsp3) is 0.167. The molecule has 3 aromatic rings. The molecule has 5 nitrogen and oxygen atoms in total. The van der Waals surface area contributed by atoms with Crippen molar-refractivity contribution in [1.29, 1.82) is 0 Å². The van der Waals surface area contributed by atoms with Gasteiger partial charge in [-0.3, -0.25) is 4.79 Å². The third-order valence-electron chi connectivity index (χ3n) is 4.04. The summed E-state index contributed by atoms with van der Waals surface area (Å²) in [5.41, 5.74) is 3.69. The number of hydrogen-bond acceptors (Lipinski definition) is 4. The van der Waals surface area contributed by atoms with E-state index in [4.69, 9.17) is 4.42 Å². The molecule has 0 bridgehead atoms. The van der Waals surface area contributed by atoms with E-state index in [0.29, 0.717) is 17.3 Å². The molecule has 4 rings (SSSR count). The largest absolute Gasteiger partial charge is 0.421 e. The van der Waals surface area contributed by atoms with Crippen LogP contribution in [0.4, 0.5) is 5.69 Å². The smallest absolute Gasteiger partial charge is 0.258 e. The maximum Gasteiger partial charge on any atom is 0.258 e. The van der Waals surface area contributed by atoms with E-state index in [1.807, 2.05) is 35.2 Å². The second kappa shape index (κ2) is 5.35. The van der Waals surface area contributed by atoms with Gasteiger partial charge >= 0.3 is 0 Å². The number of anilines is 1. The molecule has 114 valence electrons. The number of benzene rings is 2. The van der Waals surface area contributed by atoms with Crippen LogP contribution in [0.15, 0.2) is 52.9 Å². The molecular weight excluding hydrogens is 290 g/mol. The monoisotopic (exact) mass is 305 g/mol. The minimum atomic E-state index is 0.0169. The maximum absolute atomic E-state index is 12.7. The predicted molar refractivity (Wildman–Crippen MR) is 86.3 cm³/mol. The Morgan fingerprint density at radius 3 is 2.61 bits per heavy atom. The Bertz CT molecular complexity index is 868. The van der Waals surface area contributed by atoms with E-state index < -0.39 is 0 Å². The summed E-state index contributed by atoms with van der Waals surface area (Å²) in [5.74, 6) is 1.00. The lowest BCUT2D eigenvalue weighted by Gasteiger charge is -2.17. The van der Waals surface area contributed by atoms with E-state index in [1.165, 1.54) is 5.56 Å². The normalized spacial score (nSPS) is 13.2. The summed E-state index contributed by atoms with van der Waals surface area (Å²) in [6, 6.07) is 15.3. The van der Waals surface area contributed by atoms with E-state index in [9.17, 15) is 4.79 Å².